The lowest BCUT2D eigenvalue weighted by Gasteiger charge is -2.16. The van der Waals surface area contributed by atoms with Crippen molar-refractivity contribution < 1.29 is 13.9 Å². The van der Waals surface area contributed by atoms with Gasteiger partial charge in [0.2, 0.25) is 0 Å². The molecule has 0 aromatic heterocycles. The lowest BCUT2D eigenvalue weighted by atomic mass is 10.3. The Bertz CT molecular complexity index is 343. The summed E-state index contributed by atoms with van der Waals surface area (Å²) in [5, 5.41) is 0. The number of ether oxygens (including phenoxy) is 2. The Morgan fingerprint density at radius 2 is 1.94 bits per heavy atom. The van der Waals surface area contributed by atoms with Crippen LogP contribution >= 0.6 is 27.7 Å². The molecule has 2 nitrogen and oxygen atoms in total. The summed E-state index contributed by atoms with van der Waals surface area (Å²) in [4.78, 5) is 0.601. The number of halogens is 2. The molecule has 0 saturated heterocycles. The monoisotopic (exact) mass is 322 g/mol. The molecule has 0 aliphatic carbocycles. The second kappa shape index (κ2) is 8.08. The lowest BCUT2D eigenvalue weighted by Crippen LogP contribution is -2.20. The van der Waals surface area contributed by atoms with Crippen molar-refractivity contribution in [2.45, 2.75) is 25.0 Å². The molecule has 0 unspecified atom stereocenters. The summed E-state index contributed by atoms with van der Waals surface area (Å²) in [7, 11) is 0. The molecule has 0 aliphatic rings. The fourth-order valence-corrected chi connectivity index (χ4v) is 2.69. The number of benzene rings is 1. The van der Waals surface area contributed by atoms with Crippen LogP contribution in [-0.2, 0) is 9.47 Å². The van der Waals surface area contributed by atoms with Crippen LogP contribution in [0.3, 0.4) is 0 Å². The van der Waals surface area contributed by atoms with Gasteiger partial charge >= 0.3 is 0 Å². The highest BCUT2D eigenvalue weighted by molar-refractivity contribution is 9.10. The maximum absolute atomic E-state index is 13.7. The quantitative estimate of drug-likeness (QED) is 0.556. The summed E-state index contributed by atoms with van der Waals surface area (Å²) in [5.41, 5.74) is 0. The molecule has 0 fully saturated rings. The first-order valence-corrected chi connectivity index (χ1v) is 7.26. The summed E-state index contributed by atoms with van der Waals surface area (Å²) >= 11 is 4.56. The Hall–Kier alpha value is -0.100. The van der Waals surface area contributed by atoms with Gasteiger partial charge in [-0.15, -0.1) is 11.8 Å². The Morgan fingerprint density at radius 3 is 2.53 bits per heavy atom. The van der Waals surface area contributed by atoms with Crippen LogP contribution in [0, 0.1) is 5.82 Å². The smallest absolute Gasteiger partial charge is 0.166 e. The molecule has 0 bridgehead atoms. The van der Waals surface area contributed by atoms with Gasteiger partial charge in [0, 0.05) is 23.9 Å². The maximum atomic E-state index is 13.7. The molecule has 0 atom stereocenters. The Balaban J connectivity index is 2.55. The molecule has 0 N–H and O–H groups in total. The molecule has 5 heteroatoms. The lowest BCUT2D eigenvalue weighted by molar-refractivity contribution is -0.120. The average molecular weight is 323 g/mol. The van der Waals surface area contributed by atoms with Crippen molar-refractivity contribution in [2.24, 2.45) is 0 Å². The molecule has 0 amide bonds. The van der Waals surface area contributed by atoms with Crippen LogP contribution < -0.4 is 0 Å². The maximum Gasteiger partial charge on any atom is 0.166 e. The molecule has 0 radical (unpaired) electrons. The normalized spacial score (nSPS) is 11.1. The number of thioether (sulfide) groups is 1. The van der Waals surface area contributed by atoms with Crippen LogP contribution in [0.25, 0.3) is 0 Å². The minimum atomic E-state index is -0.284. The number of hydrogen-bond donors (Lipinski definition) is 0. The Kier molecular flexibility index (Phi) is 7.11. The van der Waals surface area contributed by atoms with E-state index in [2.05, 4.69) is 15.9 Å². The molecular weight excluding hydrogens is 307 g/mol. The predicted octanol–water partition coefficient (Wildman–Crippen LogP) is 4.08. The van der Waals surface area contributed by atoms with E-state index >= 15 is 0 Å². The van der Waals surface area contributed by atoms with Crippen LogP contribution in [0.15, 0.2) is 27.6 Å². The summed E-state index contributed by atoms with van der Waals surface area (Å²) in [6, 6.07) is 5.24. The standard InChI is InChI=1S/C12H16BrFO2S/c1-3-15-11(16-4-2)8-17-10-7-5-6-9(13)12(10)14/h5-7,11H,3-4,8H2,1-2H3. The first kappa shape index (κ1) is 15.0. The number of hydrogen-bond acceptors (Lipinski definition) is 3. The fraction of sp³-hybridized carbons (Fsp3) is 0.500. The average Bonchev–Trinajstić information content (AvgIpc) is 2.31. The van der Waals surface area contributed by atoms with E-state index in [0.29, 0.717) is 28.3 Å². The van der Waals surface area contributed by atoms with E-state index in [9.17, 15) is 4.39 Å². The molecule has 0 spiro atoms. The van der Waals surface area contributed by atoms with E-state index in [4.69, 9.17) is 9.47 Å². The Labute approximate surface area is 114 Å². The first-order chi connectivity index (χ1) is 8.19. The molecule has 1 rings (SSSR count). The molecule has 17 heavy (non-hydrogen) atoms. The third-order valence-electron chi connectivity index (χ3n) is 2.00. The SMILES string of the molecule is CCOC(CSc1cccc(Br)c1F)OCC. The van der Waals surface area contributed by atoms with Gasteiger partial charge < -0.3 is 9.47 Å². The van der Waals surface area contributed by atoms with Crippen LogP contribution in [0.2, 0.25) is 0 Å². The molecule has 0 aliphatic heterocycles. The van der Waals surface area contributed by atoms with Gasteiger partial charge in [-0.3, -0.25) is 0 Å². The van der Waals surface area contributed by atoms with Crippen molar-refractivity contribution in [3.05, 3.63) is 28.5 Å². The topological polar surface area (TPSA) is 18.5 Å². The first-order valence-electron chi connectivity index (χ1n) is 5.49. The summed E-state index contributed by atoms with van der Waals surface area (Å²) in [5.74, 6) is 0.346. The molecule has 1 aromatic carbocycles. The van der Waals surface area contributed by atoms with Crippen molar-refractivity contribution in [2.75, 3.05) is 19.0 Å². The van der Waals surface area contributed by atoms with Crippen molar-refractivity contribution in [1.29, 1.82) is 0 Å². The van der Waals surface area contributed by atoms with Gasteiger partial charge in [0.05, 0.1) is 4.47 Å². The number of rotatable bonds is 7. The molecule has 96 valence electrons. The minimum absolute atomic E-state index is 0.232. The second-order valence-corrected chi connectivity index (χ2v) is 5.12. The van der Waals surface area contributed by atoms with Crippen LogP contribution in [0.5, 0.6) is 0 Å². The molecule has 0 heterocycles. The zero-order valence-corrected chi connectivity index (χ0v) is 12.3. The van der Waals surface area contributed by atoms with Gasteiger partial charge in [0.25, 0.3) is 0 Å². The van der Waals surface area contributed by atoms with E-state index in [1.165, 1.54) is 11.8 Å². The fourth-order valence-electron chi connectivity index (χ4n) is 1.27. The molecule has 1 aromatic rings. The van der Waals surface area contributed by atoms with Gasteiger partial charge in [-0.2, -0.15) is 0 Å². The van der Waals surface area contributed by atoms with E-state index in [-0.39, 0.29) is 12.1 Å². The highest BCUT2D eigenvalue weighted by Gasteiger charge is 2.12. The van der Waals surface area contributed by atoms with E-state index < -0.39 is 0 Å². The van der Waals surface area contributed by atoms with Crippen molar-refractivity contribution in [3.63, 3.8) is 0 Å². The van der Waals surface area contributed by atoms with Gasteiger partial charge in [0.15, 0.2) is 12.1 Å². The summed E-state index contributed by atoms with van der Waals surface area (Å²) in [6.45, 7) is 5.01. The van der Waals surface area contributed by atoms with E-state index in [1.54, 1.807) is 12.1 Å². The van der Waals surface area contributed by atoms with Crippen LogP contribution in [0.4, 0.5) is 4.39 Å². The predicted molar refractivity (Wildman–Crippen MR) is 71.9 cm³/mol. The highest BCUT2D eigenvalue weighted by Crippen LogP contribution is 2.27. The zero-order valence-electron chi connectivity index (χ0n) is 9.91. The van der Waals surface area contributed by atoms with Crippen LogP contribution in [-0.4, -0.2) is 25.3 Å². The molecular formula is C12H16BrFO2S. The molecule has 0 saturated carbocycles. The van der Waals surface area contributed by atoms with Crippen molar-refractivity contribution in [3.8, 4) is 0 Å². The van der Waals surface area contributed by atoms with E-state index in [0.717, 1.165) is 0 Å². The van der Waals surface area contributed by atoms with Gasteiger partial charge in [-0.05, 0) is 41.9 Å². The van der Waals surface area contributed by atoms with Gasteiger partial charge in [-0.1, -0.05) is 6.07 Å². The van der Waals surface area contributed by atoms with E-state index in [1.807, 2.05) is 19.9 Å². The van der Waals surface area contributed by atoms with Crippen molar-refractivity contribution >= 4 is 27.7 Å². The second-order valence-electron chi connectivity index (χ2n) is 3.20. The highest BCUT2D eigenvalue weighted by atomic mass is 79.9. The zero-order chi connectivity index (χ0) is 12.7. The van der Waals surface area contributed by atoms with Gasteiger partial charge in [-0.25, -0.2) is 4.39 Å². The summed E-state index contributed by atoms with van der Waals surface area (Å²) in [6.07, 6.45) is -0.284. The van der Waals surface area contributed by atoms with Crippen LogP contribution in [0.1, 0.15) is 13.8 Å². The Morgan fingerprint density at radius 1 is 1.29 bits per heavy atom. The van der Waals surface area contributed by atoms with Gasteiger partial charge in [0.1, 0.15) is 0 Å². The largest absolute Gasteiger partial charge is 0.352 e. The third-order valence-corrected chi connectivity index (χ3v) is 3.67. The minimum Gasteiger partial charge on any atom is -0.352 e. The summed E-state index contributed by atoms with van der Waals surface area (Å²) < 4.78 is 24.9. The van der Waals surface area contributed by atoms with Crippen molar-refractivity contribution in [1.82, 2.24) is 0 Å². The third kappa shape index (κ3) is 4.95.